The van der Waals surface area contributed by atoms with Crippen LogP contribution in [0.25, 0.3) is 0 Å². The van der Waals surface area contributed by atoms with Gasteiger partial charge in [0, 0.05) is 18.7 Å². The highest BCUT2D eigenvalue weighted by Gasteiger charge is 2.23. The van der Waals surface area contributed by atoms with Crippen molar-refractivity contribution in [3.63, 3.8) is 0 Å². The summed E-state index contributed by atoms with van der Waals surface area (Å²) in [5.41, 5.74) is 2.71. The number of hydrogen-bond acceptors (Lipinski definition) is 3. The van der Waals surface area contributed by atoms with Gasteiger partial charge in [-0.25, -0.2) is 8.42 Å². The quantitative estimate of drug-likeness (QED) is 0.785. The number of nitrogens with zero attached hydrogens (tertiary/aromatic N) is 1. The molecule has 0 aromatic heterocycles. The number of nitrogens with one attached hydrogen (secondary N) is 1. The molecule has 6 heteroatoms. The summed E-state index contributed by atoms with van der Waals surface area (Å²) in [7, 11) is -2.00. The molecule has 0 radical (unpaired) electrons. The van der Waals surface area contributed by atoms with Gasteiger partial charge in [0.15, 0.2) is 0 Å². The van der Waals surface area contributed by atoms with Crippen molar-refractivity contribution < 1.29 is 13.2 Å². The SMILES string of the molecule is CCc1ccc(C(C)NC(=O)c2ccc(S(=O)(=O)N(C)C(C)C)cc2)cc1. The van der Waals surface area contributed by atoms with Gasteiger partial charge in [-0.15, -0.1) is 0 Å². The summed E-state index contributed by atoms with van der Waals surface area (Å²) >= 11 is 0. The molecule has 0 aliphatic heterocycles. The molecule has 0 spiro atoms. The highest BCUT2D eigenvalue weighted by molar-refractivity contribution is 7.89. The minimum absolute atomic E-state index is 0.140. The number of carbonyl (C=O) groups excluding carboxylic acids is 1. The first-order valence-corrected chi connectivity index (χ1v) is 10.6. The second-order valence-electron chi connectivity index (χ2n) is 6.93. The van der Waals surface area contributed by atoms with Crippen molar-refractivity contribution >= 4 is 15.9 Å². The van der Waals surface area contributed by atoms with Crippen molar-refractivity contribution in [2.45, 2.75) is 51.1 Å². The van der Waals surface area contributed by atoms with Gasteiger partial charge >= 0.3 is 0 Å². The summed E-state index contributed by atoms with van der Waals surface area (Å²) in [5.74, 6) is -0.233. The zero-order valence-electron chi connectivity index (χ0n) is 16.6. The molecular formula is C21H28N2O3S. The second kappa shape index (κ2) is 8.67. The summed E-state index contributed by atoms with van der Waals surface area (Å²) in [4.78, 5) is 12.7. The molecule has 2 aromatic carbocycles. The standard InChI is InChI=1S/C21H28N2O3S/c1-6-17-7-9-18(10-8-17)16(4)22-21(24)19-11-13-20(14-12-19)27(25,26)23(5)15(2)3/h7-16H,6H2,1-5H3,(H,22,24). The van der Waals surface area contributed by atoms with Crippen LogP contribution in [0.3, 0.4) is 0 Å². The molecule has 2 rings (SSSR count). The topological polar surface area (TPSA) is 66.5 Å². The predicted molar refractivity (Wildman–Crippen MR) is 108 cm³/mol. The maximum atomic E-state index is 12.5. The second-order valence-corrected chi connectivity index (χ2v) is 8.93. The number of sulfonamides is 1. The van der Waals surface area contributed by atoms with Crippen LogP contribution in [0.1, 0.15) is 55.2 Å². The van der Waals surface area contributed by atoms with E-state index in [-0.39, 0.29) is 22.9 Å². The van der Waals surface area contributed by atoms with Crippen LogP contribution < -0.4 is 5.32 Å². The molecule has 2 aromatic rings. The summed E-state index contributed by atoms with van der Waals surface area (Å²) in [6.07, 6.45) is 0.974. The molecule has 146 valence electrons. The monoisotopic (exact) mass is 388 g/mol. The van der Waals surface area contributed by atoms with Crippen LogP contribution in [-0.4, -0.2) is 31.7 Å². The van der Waals surface area contributed by atoms with Crippen LogP contribution >= 0.6 is 0 Å². The molecule has 1 amide bonds. The highest BCUT2D eigenvalue weighted by atomic mass is 32.2. The van der Waals surface area contributed by atoms with Gasteiger partial charge in [-0.3, -0.25) is 4.79 Å². The van der Waals surface area contributed by atoms with Gasteiger partial charge in [0.1, 0.15) is 0 Å². The average Bonchev–Trinajstić information content (AvgIpc) is 2.67. The van der Waals surface area contributed by atoms with E-state index < -0.39 is 10.0 Å². The van der Waals surface area contributed by atoms with Crippen LogP contribution in [-0.2, 0) is 16.4 Å². The van der Waals surface area contributed by atoms with Gasteiger partial charge in [-0.2, -0.15) is 4.31 Å². The number of aryl methyl sites for hydroxylation is 1. The van der Waals surface area contributed by atoms with Gasteiger partial charge in [0.2, 0.25) is 10.0 Å². The molecule has 1 N–H and O–H groups in total. The van der Waals surface area contributed by atoms with Crippen molar-refractivity contribution in [3.05, 3.63) is 65.2 Å². The first kappa shape index (κ1) is 21.1. The molecule has 27 heavy (non-hydrogen) atoms. The molecule has 0 bridgehead atoms. The number of carbonyl (C=O) groups is 1. The lowest BCUT2D eigenvalue weighted by Gasteiger charge is -2.21. The van der Waals surface area contributed by atoms with E-state index >= 15 is 0 Å². The van der Waals surface area contributed by atoms with Gasteiger partial charge < -0.3 is 5.32 Å². The lowest BCUT2D eigenvalue weighted by atomic mass is 10.0. The average molecular weight is 389 g/mol. The minimum Gasteiger partial charge on any atom is -0.346 e. The van der Waals surface area contributed by atoms with Crippen LogP contribution in [0.15, 0.2) is 53.4 Å². The normalized spacial score (nSPS) is 13.0. The number of amides is 1. The maximum Gasteiger partial charge on any atom is 0.251 e. The largest absolute Gasteiger partial charge is 0.346 e. The molecular weight excluding hydrogens is 360 g/mol. The molecule has 0 saturated heterocycles. The Labute approximate surface area is 162 Å². The van der Waals surface area contributed by atoms with Gasteiger partial charge in [-0.1, -0.05) is 31.2 Å². The molecule has 0 aliphatic rings. The van der Waals surface area contributed by atoms with Gasteiger partial charge in [0.25, 0.3) is 5.91 Å². The van der Waals surface area contributed by atoms with Crippen LogP contribution in [0, 0.1) is 0 Å². The van der Waals surface area contributed by atoms with Gasteiger partial charge in [-0.05, 0) is 62.6 Å². The molecule has 5 nitrogen and oxygen atoms in total. The molecule has 1 atom stereocenters. The van der Waals surface area contributed by atoms with Crippen molar-refractivity contribution in [1.29, 1.82) is 0 Å². The Kier molecular flexibility index (Phi) is 6.78. The Hall–Kier alpha value is -2.18. The lowest BCUT2D eigenvalue weighted by molar-refractivity contribution is 0.0939. The highest BCUT2D eigenvalue weighted by Crippen LogP contribution is 2.18. The predicted octanol–water partition coefficient (Wildman–Crippen LogP) is 3.77. The number of rotatable bonds is 7. The smallest absolute Gasteiger partial charge is 0.251 e. The molecule has 0 aliphatic carbocycles. The molecule has 1 unspecified atom stereocenters. The zero-order valence-corrected chi connectivity index (χ0v) is 17.4. The van der Waals surface area contributed by atoms with E-state index in [9.17, 15) is 13.2 Å². The Bertz CT molecular complexity index is 873. The Morgan fingerprint density at radius 2 is 1.56 bits per heavy atom. The Morgan fingerprint density at radius 1 is 1.00 bits per heavy atom. The van der Waals surface area contributed by atoms with Gasteiger partial charge in [0.05, 0.1) is 10.9 Å². The summed E-state index contributed by atoms with van der Waals surface area (Å²) in [5, 5.41) is 2.95. The van der Waals surface area contributed by atoms with E-state index in [1.54, 1.807) is 19.2 Å². The van der Waals surface area contributed by atoms with E-state index in [0.29, 0.717) is 5.56 Å². The first-order valence-electron chi connectivity index (χ1n) is 9.14. The zero-order chi connectivity index (χ0) is 20.2. The summed E-state index contributed by atoms with van der Waals surface area (Å²) in [6, 6.07) is 13.9. The fraction of sp³-hybridized carbons (Fsp3) is 0.381. The van der Waals surface area contributed by atoms with Crippen molar-refractivity contribution in [3.8, 4) is 0 Å². The fourth-order valence-electron chi connectivity index (χ4n) is 2.63. The third-order valence-electron chi connectivity index (χ3n) is 4.76. The van der Waals surface area contributed by atoms with E-state index in [0.717, 1.165) is 12.0 Å². The fourth-order valence-corrected chi connectivity index (χ4v) is 4.00. The summed E-state index contributed by atoms with van der Waals surface area (Å²) < 4.78 is 26.3. The van der Waals surface area contributed by atoms with Crippen molar-refractivity contribution in [1.82, 2.24) is 9.62 Å². The third kappa shape index (κ3) is 4.96. The minimum atomic E-state index is -3.55. The van der Waals surface area contributed by atoms with Crippen LogP contribution in [0.4, 0.5) is 0 Å². The molecule has 0 fully saturated rings. The summed E-state index contributed by atoms with van der Waals surface area (Å²) in [6.45, 7) is 7.65. The van der Waals surface area contributed by atoms with Crippen LogP contribution in [0.2, 0.25) is 0 Å². The van der Waals surface area contributed by atoms with Crippen LogP contribution in [0.5, 0.6) is 0 Å². The number of benzene rings is 2. The third-order valence-corrected chi connectivity index (χ3v) is 6.80. The molecule has 0 heterocycles. The Balaban J connectivity index is 2.11. The van der Waals surface area contributed by atoms with E-state index in [1.807, 2.05) is 32.9 Å². The van der Waals surface area contributed by atoms with Crippen molar-refractivity contribution in [2.24, 2.45) is 0 Å². The van der Waals surface area contributed by atoms with E-state index in [2.05, 4.69) is 24.4 Å². The Morgan fingerprint density at radius 3 is 2.04 bits per heavy atom. The maximum absolute atomic E-state index is 12.5. The molecule has 0 saturated carbocycles. The van der Waals surface area contributed by atoms with E-state index in [1.165, 1.54) is 22.0 Å². The van der Waals surface area contributed by atoms with Crippen molar-refractivity contribution in [2.75, 3.05) is 7.05 Å². The van der Waals surface area contributed by atoms with E-state index in [4.69, 9.17) is 0 Å². The lowest BCUT2D eigenvalue weighted by Crippen LogP contribution is -2.33. The number of hydrogen-bond donors (Lipinski definition) is 1. The first-order chi connectivity index (χ1) is 12.7.